The highest BCUT2D eigenvalue weighted by atomic mass is 16.5. The van der Waals surface area contributed by atoms with E-state index in [2.05, 4.69) is 20.8 Å². The highest BCUT2D eigenvalue weighted by Crippen LogP contribution is 1.94. The molecule has 0 radical (unpaired) electrons. The second-order valence-electron chi connectivity index (χ2n) is 4.89. The summed E-state index contributed by atoms with van der Waals surface area (Å²) in [4.78, 5) is 10.2. The van der Waals surface area contributed by atoms with Crippen LogP contribution in [0.4, 0.5) is 0 Å². The lowest BCUT2D eigenvalue weighted by molar-refractivity contribution is -0.145. The first-order valence-corrected chi connectivity index (χ1v) is 7.06. The lowest BCUT2D eigenvalue weighted by Crippen LogP contribution is -2.09. The Labute approximate surface area is 114 Å². The predicted molar refractivity (Wildman–Crippen MR) is 78.6 cm³/mol. The molecule has 1 N–H and O–H groups in total. The van der Waals surface area contributed by atoms with E-state index in [0.717, 1.165) is 18.8 Å². The number of hydrogen-bond donors (Lipinski definition) is 1. The quantitative estimate of drug-likeness (QED) is 0.773. The summed E-state index contributed by atoms with van der Waals surface area (Å²) in [5.74, 6) is 0.689. The van der Waals surface area contributed by atoms with Gasteiger partial charge in [0.2, 0.25) is 0 Å². The second kappa shape index (κ2) is 16.4. The Balaban J connectivity index is -0.000000197. The van der Waals surface area contributed by atoms with Crippen molar-refractivity contribution in [1.29, 1.82) is 0 Å². The van der Waals surface area contributed by atoms with E-state index in [4.69, 9.17) is 9.84 Å². The van der Waals surface area contributed by atoms with Crippen molar-refractivity contribution in [3.8, 4) is 0 Å². The molecular formula is C15H34O3. The van der Waals surface area contributed by atoms with Gasteiger partial charge in [-0.3, -0.25) is 4.79 Å². The van der Waals surface area contributed by atoms with Gasteiger partial charge in [0, 0.05) is 6.92 Å². The third-order valence-electron chi connectivity index (χ3n) is 2.35. The Kier molecular flexibility index (Phi) is 20.6. The molecule has 3 heteroatoms. The monoisotopic (exact) mass is 262 g/mol. The number of aliphatic hydroxyl groups is 1. The summed E-state index contributed by atoms with van der Waals surface area (Å²) in [5, 5.41) is 8.36. The van der Waals surface area contributed by atoms with Crippen molar-refractivity contribution in [2.24, 2.45) is 5.92 Å². The number of rotatable bonds is 4. The van der Waals surface area contributed by atoms with E-state index < -0.39 is 0 Å². The van der Waals surface area contributed by atoms with Crippen LogP contribution in [0.15, 0.2) is 0 Å². The minimum atomic E-state index is -0.195. The molecule has 0 fully saturated rings. The molecule has 0 aliphatic carbocycles. The summed E-state index contributed by atoms with van der Waals surface area (Å²) in [7, 11) is 0. The molecule has 3 nitrogen and oxygen atoms in total. The van der Waals surface area contributed by atoms with E-state index >= 15 is 0 Å². The molecule has 0 aromatic rings. The molecule has 0 aromatic heterocycles. The Bertz CT molecular complexity index is 157. The zero-order chi connectivity index (χ0) is 15.1. The third-order valence-corrected chi connectivity index (χ3v) is 2.35. The number of ether oxygens (including phenoxy) is 1. The Hall–Kier alpha value is -0.570. The van der Waals surface area contributed by atoms with Gasteiger partial charge in [0.05, 0.1) is 12.2 Å². The fraction of sp³-hybridized carbons (Fsp3) is 0.933. The minimum Gasteiger partial charge on any atom is -0.463 e. The Morgan fingerprint density at radius 3 is 1.39 bits per heavy atom. The summed E-state index contributed by atoms with van der Waals surface area (Å²) >= 11 is 0. The molecule has 0 rings (SSSR count). The molecule has 0 amide bonds. The number of esters is 1. The number of carbonyl (C=O) groups excluding carboxylic acids is 1. The van der Waals surface area contributed by atoms with Crippen LogP contribution < -0.4 is 0 Å². The lowest BCUT2D eigenvalue weighted by Gasteiger charge is -2.06. The smallest absolute Gasteiger partial charge is 0.302 e. The van der Waals surface area contributed by atoms with E-state index in [9.17, 15) is 4.79 Å². The van der Waals surface area contributed by atoms with Crippen LogP contribution in [-0.4, -0.2) is 23.3 Å². The first-order valence-electron chi connectivity index (χ1n) is 7.06. The molecule has 112 valence electrons. The highest BCUT2D eigenvalue weighted by molar-refractivity contribution is 5.66. The van der Waals surface area contributed by atoms with Gasteiger partial charge in [0.15, 0.2) is 0 Å². The number of hydrogen-bond acceptors (Lipinski definition) is 3. The fourth-order valence-electron chi connectivity index (χ4n) is 0.367. The molecule has 0 bridgehead atoms. The van der Waals surface area contributed by atoms with Crippen molar-refractivity contribution in [3.05, 3.63) is 0 Å². The second-order valence-corrected chi connectivity index (χ2v) is 4.89. The van der Waals surface area contributed by atoms with Crippen LogP contribution in [-0.2, 0) is 9.53 Å². The Morgan fingerprint density at radius 1 is 1.00 bits per heavy atom. The van der Waals surface area contributed by atoms with Crippen LogP contribution in [0.25, 0.3) is 0 Å². The molecular weight excluding hydrogens is 228 g/mol. The standard InChI is InChI=1S/C6H12O2.C5H12.C4H10O/c1-4-5(2)8-6(3)7;1-4-5(2)3;1-3-4(2)5/h5H,4H2,1-3H3;5H,4H2,1-3H3;4-5H,3H2,1-2H3. The van der Waals surface area contributed by atoms with Crippen LogP contribution >= 0.6 is 0 Å². The van der Waals surface area contributed by atoms with E-state index in [0.29, 0.717) is 0 Å². The first kappa shape index (κ1) is 22.6. The fourth-order valence-corrected chi connectivity index (χ4v) is 0.367. The summed E-state index contributed by atoms with van der Waals surface area (Å²) in [6, 6.07) is 0. The minimum absolute atomic E-state index is 0.0764. The Morgan fingerprint density at radius 2 is 1.33 bits per heavy atom. The maximum absolute atomic E-state index is 10.2. The molecule has 0 heterocycles. The average molecular weight is 262 g/mol. The van der Waals surface area contributed by atoms with E-state index in [1.165, 1.54) is 13.3 Å². The van der Waals surface area contributed by atoms with E-state index in [1.54, 1.807) is 6.92 Å². The van der Waals surface area contributed by atoms with Gasteiger partial charge in [0.25, 0.3) is 0 Å². The molecule has 0 aromatic carbocycles. The zero-order valence-corrected chi connectivity index (χ0v) is 13.6. The maximum atomic E-state index is 10.2. The maximum Gasteiger partial charge on any atom is 0.302 e. The third kappa shape index (κ3) is 36.1. The zero-order valence-electron chi connectivity index (χ0n) is 13.6. The van der Waals surface area contributed by atoms with Gasteiger partial charge in [-0.1, -0.05) is 41.0 Å². The predicted octanol–water partition coefficient (Wildman–Crippen LogP) is 4.18. The summed E-state index contributed by atoms with van der Waals surface area (Å²) in [5.41, 5.74) is 0. The van der Waals surface area contributed by atoms with Crippen LogP contribution in [0.5, 0.6) is 0 Å². The average Bonchev–Trinajstić information content (AvgIpc) is 2.29. The molecule has 0 spiro atoms. The molecule has 0 aliphatic heterocycles. The normalized spacial score (nSPS) is 12.6. The molecule has 0 aliphatic rings. The largest absolute Gasteiger partial charge is 0.463 e. The van der Waals surface area contributed by atoms with Crippen LogP contribution in [0.1, 0.15) is 74.7 Å². The summed E-state index contributed by atoms with van der Waals surface area (Å²) < 4.78 is 4.76. The highest BCUT2D eigenvalue weighted by Gasteiger charge is 1.99. The summed E-state index contributed by atoms with van der Waals surface area (Å²) in [6.45, 7) is 15.6. The van der Waals surface area contributed by atoms with Gasteiger partial charge >= 0.3 is 5.97 Å². The van der Waals surface area contributed by atoms with Crippen molar-refractivity contribution in [2.75, 3.05) is 0 Å². The molecule has 18 heavy (non-hydrogen) atoms. The van der Waals surface area contributed by atoms with E-state index in [-0.39, 0.29) is 18.2 Å². The van der Waals surface area contributed by atoms with Crippen molar-refractivity contribution >= 4 is 5.97 Å². The molecule has 0 saturated heterocycles. The first-order chi connectivity index (χ1) is 8.20. The van der Waals surface area contributed by atoms with Crippen molar-refractivity contribution < 1.29 is 14.6 Å². The number of carbonyl (C=O) groups is 1. The topological polar surface area (TPSA) is 46.5 Å². The van der Waals surface area contributed by atoms with Crippen molar-refractivity contribution in [2.45, 2.75) is 86.9 Å². The van der Waals surface area contributed by atoms with Gasteiger partial charge in [-0.25, -0.2) is 0 Å². The van der Waals surface area contributed by atoms with Gasteiger partial charge in [-0.15, -0.1) is 0 Å². The lowest BCUT2D eigenvalue weighted by atomic mass is 10.2. The van der Waals surface area contributed by atoms with Gasteiger partial charge in [0.1, 0.15) is 0 Å². The van der Waals surface area contributed by atoms with Gasteiger partial charge < -0.3 is 9.84 Å². The SMILES string of the molecule is CCC(C)C.CCC(C)O.CCC(C)OC(C)=O. The van der Waals surface area contributed by atoms with E-state index in [1.807, 2.05) is 20.8 Å². The van der Waals surface area contributed by atoms with Crippen LogP contribution in [0.3, 0.4) is 0 Å². The summed E-state index contributed by atoms with van der Waals surface area (Å²) in [6.07, 6.45) is 3.02. The molecule has 2 unspecified atom stereocenters. The van der Waals surface area contributed by atoms with Crippen LogP contribution in [0.2, 0.25) is 0 Å². The van der Waals surface area contributed by atoms with Crippen molar-refractivity contribution in [3.63, 3.8) is 0 Å². The van der Waals surface area contributed by atoms with Crippen LogP contribution in [0, 0.1) is 5.92 Å². The molecule has 0 saturated carbocycles. The number of aliphatic hydroxyl groups excluding tert-OH is 1. The van der Waals surface area contributed by atoms with Crippen molar-refractivity contribution in [1.82, 2.24) is 0 Å². The van der Waals surface area contributed by atoms with Gasteiger partial charge in [-0.05, 0) is 32.6 Å². The van der Waals surface area contributed by atoms with Gasteiger partial charge in [-0.2, -0.15) is 0 Å². The molecule has 2 atom stereocenters.